The number of nitrogens with zero attached hydrogens (tertiary/aromatic N) is 1. The zero-order valence-corrected chi connectivity index (χ0v) is 13.6. The third-order valence-electron chi connectivity index (χ3n) is 3.67. The van der Waals surface area contributed by atoms with Crippen LogP contribution in [0.15, 0.2) is 18.2 Å². The molecule has 0 bridgehead atoms. The van der Waals surface area contributed by atoms with Crippen LogP contribution in [0.2, 0.25) is 0 Å². The van der Waals surface area contributed by atoms with E-state index in [4.69, 9.17) is 18.0 Å². The summed E-state index contributed by atoms with van der Waals surface area (Å²) in [4.78, 5) is 2.43. The van der Waals surface area contributed by atoms with Gasteiger partial charge < -0.3 is 5.73 Å². The lowest BCUT2D eigenvalue weighted by Crippen LogP contribution is -2.27. The summed E-state index contributed by atoms with van der Waals surface area (Å²) < 4.78 is 14.6. The van der Waals surface area contributed by atoms with E-state index in [9.17, 15) is 4.39 Å². The van der Waals surface area contributed by atoms with Gasteiger partial charge in [-0.3, -0.25) is 4.90 Å². The van der Waals surface area contributed by atoms with E-state index in [2.05, 4.69) is 18.7 Å². The van der Waals surface area contributed by atoms with E-state index in [1.165, 1.54) is 0 Å². The number of thiocarbonyl (C=S) groups is 1. The van der Waals surface area contributed by atoms with E-state index in [1.54, 1.807) is 6.07 Å². The van der Waals surface area contributed by atoms with E-state index in [-0.39, 0.29) is 10.8 Å². The van der Waals surface area contributed by atoms with Crippen molar-refractivity contribution in [3.8, 4) is 0 Å². The van der Waals surface area contributed by atoms with Crippen LogP contribution in [0.25, 0.3) is 0 Å². The van der Waals surface area contributed by atoms with E-state index >= 15 is 0 Å². The Morgan fingerprint density at radius 3 is 2.90 bits per heavy atom. The maximum atomic E-state index is 14.3. The second kappa shape index (κ2) is 6.41. The van der Waals surface area contributed by atoms with Gasteiger partial charge in [0.05, 0.1) is 0 Å². The SMILES string of the molecule is CC1(C)CCN(Cc2cccc(C(N)=S)c2F)CCS1. The Bertz CT molecular complexity index is 503. The van der Waals surface area contributed by atoms with E-state index in [1.807, 2.05) is 23.9 Å². The van der Waals surface area contributed by atoms with Crippen LogP contribution in [0.1, 0.15) is 31.4 Å². The van der Waals surface area contributed by atoms with Gasteiger partial charge in [-0.25, -0.2) is 4.39 Å². The molecule has 5 heteroatoms. The highest BCUT2D eigenvalue weighted by atomic mass is 32.2. The fourth-order valence-corrected chi connectivity index (χ4v) is 3.65. The van der Waals surface area contributed by atoms with Gasteiger partial charge in [0.25, 0.3) is 0 Å². The third-order valence-corrected chi connectivity index (χ3v) is 5.26. The molecule has 1 aromatic carbocycles. The Hall–Kier alpha value is -0.650. The molecule has 0 aromatic heterocycles. The molecule has 0 amide bonds. The first-order valence-corrected chi connectivity index (χ1v) is 8.22. The van der Waals surface area contributed by atoms with Crippen LogP contribution in [-0.4, -0.2) is 33.5 Å². The average molecular weight is 312 g/mol. The summed E-state index contributed by atoms with van der Waals surface area (Å²) in [6.45, 7) is 7.16. The largest absolute Gasteiger partial charge is 0.389 e. The minimum atomic E-state index is -0.267. The van der Waals surface area contributed by atoms with E-state index < -0.39 is 0 Å². The van der Waals surface area contributed by atoms with Gasteiger partial charge in [-0.2, -0.15) is 11.8 Å². The van der Waals surface area contributed by atoms with Gasteiger partial charge in [0, 0.05) is 34.7 Å². The number of benzene rings is 1. The molecular weight excluding hydrogens is 291 g/mol. The molecule has 20 heavy (non-hydrogen) atoms. The van der Waals surface area contributed by atoms with Crippen LogP contribution in [0, 0.1) is 5.82 Å². The monoisotopic (exact) mass is 312 g/mol. The van der Waals surface area contributed by atoms with Gasteiger partial charge in [-0.1, -0.05) is 38.2 Å². The summed E-state index contributed by atoms with van der Waals surface area (Å²) in [5, 5.41) is 0. The number of hydrogen-bond donors (Lipinski definition) is 1. The van der Waals surface area contributed by atoms with Gasteiger partial charge >= 0.3 is 0 Å². The predicted molar refractivity (Wildman–Crippen MR) is 88.7 cm³/mol. The number of halogens is 1. The summed E-state index contributed by atoms with van der Waals surface area (Å²) in [5.41, 5.74) is 6.58. The summed E-state index contributed by atoms with van der Waals surface area (Å²) in [5.74, 6) is 0.819. The van der Waals surface area contributed by atoms with Gasteiger partial charge in [-0.15, -0.1) is 0 Å². The molecule has 1 heterocycles. The molecular formula is C15H21FN2S2. The minimum absolute atomic E-state index is 0.122. The summed E-state index contributed by atoms with van der Waals surface area (Å²) in [6, 6.07) is 5.28. The molecule has 0 unspecified atom stereocenters. The van der Waals surface area contributed by atoms with Crippen LogP contribution in [0.4, 0.5) is 4.39 Å². The molecule has 1 fully saturated rings. The Balaban J connectivity index is 2.10. The predicted octanol–water partition coefficient (Wildman–Crippen LogP) is 3.18. The highest BCUT2D eigenvalue weighted by Crippen LogP contribution is 2.31. The Labute approximate surface area is 129 Å². The van der Waals surface area contributed by atoms with Crippen molar-refractivity contribution in [3.63, 3.8) is 0 Å². The molecule has 0 radical (unpaired) electrons. The Morgan fingerprint density at radius 2 is 2.20 bits per heavy atom. The topological polar surface area (TPSA) is 29.3 Å². The van der Waals surface area contributed by atoms with Crippen molar-refractivity contribution in [1.82, 2.24) is 4.90 Å². The van der Waals surface area contributed by atoms with Crippen LogP contribution >= 0.6 is 24.0 Å². The van der Waals surface area contributed by atoms with Gasteiger partial charge in [0.15, 0.2) is 0 Å². The maximum absolute atomic E-state index is 14.3. The van der Waals surface area contributed by atoms with Crippen molar-refractivity contribution < 1.29 is 4.39 Å². The van der Waals surface area contributed by atoms with Crippen LogP contribution in [-0.2, 0) is 6.54 Å². The Morgan fingerprint density at radius 1 is 1.45 bits per heavy atom. The van der Waals surface area contributed by atoms with Gasteiger partial charge in [0.2, 0.25) is 0 Å². The molecule has 1 aromatic rings. The fraction of sp³-hybridized carbons (Fsp3) is 0.533. The van der Waals surface area contributed by atoms with E-state index in [0.717, 1.165) is 25.3 Å². The summed E-state index contributed by atoms with van der Waals surface area (Å²) in [6.07, 6.45) is 1.12. The van der Waals surface area contributed by atoms with Crippen molar-refractivity contribution >= 4 is 29.0 Å². The highest BCUT2D eigenvalue weighted by molar-refractivity contribution is 8.00. The molecule has 1 saturated heterocycles. The van der Waals surface area contributed by atoms with Crippen LogP contribution < -0.4 is 5.73 Å². The zero-order chi connectivity index (χ0) is 14.8. The zero-order valence-electron chi connectivity index (χ0n) is 12.0. The lowest BCUT2D eigenvalue weighted by atomic mass is 10.1. The fourth-order valence-electron chi connectivity index (χ4n) is 2.35. The molecule has 0 aliphatic carbocycles. The maximum Gasteiger partial charge on any atom is 0.137 e. The molecule has 2 N–H and O–H groups in total. The van der Waals surface area contributed by atoms with Crippen molar-refractivity contribution in [2.75, 3.05) is 18.8 Å². The number of nitrogens with two attached hydrogens (primary N) is 1. The van der Waals surface area contributed by atoms with E-state index in [0.29, 0.717) is 22.4 Å². The molecule has 0 spiro atoms. The first-order valence-electron chi connectivity index (χ1n) is 6.82. The quantitative estimate of drug-likeness (QED) is 0.868. The van der Waals surface area contributed by atoms with Gasteiger partial charge in [-0.05, 0) is 19.0 Å². The molecule has 1 aliphatic rings. The number of rotatable bonds is 3. The first-order chi connectivity index (χ1) is 9.39. The minimum Gasteiger partial charge on any atom is -0.389 e. The van der Waals surface area contributed by atoms with Crippen molar-refractivity contribution in [3.05, 3.63) is 35.1 Å². The molecule has 0 saturated carbocycles. The molecule has 2 rings (SSSR count). The summed E-state index contributed by atoms with van der Waals surface area (Å²) >= 11 is 6.88. The Kier molecular flexibility index (Phi) is 5.04. The standard InChI is InChI=1S/C15H21FN2S2/c1-15(2)6-7-18(8-9-20-15)10-11-4-3-5-12(13(11)16)14(17)19/h3-5H,6-10H2,1-2H3,(H2,17,19). The van der Waals surface area contributed by atoms with Crippen LogP contribution in [0.5, 0.6) is 0 Å². The van der Waals surface area contributed by atoms with Gasteiger partial charge in [0.1, 0.15) is 10.8 Å². The first kappa shape index (κ1) is 15.7. The smallest absolute Gasteiger partial charge is 0.137 e. The molecule has 1 aliphatic heterocycles. The number of thioether (sulfide) groups is 1. The van der Waals surface area contributed by atoms with Crippen LogP contribution in [0.3, 0.4) is 0 Å². The third kappa shape index (κ3) is 3.93. The van der Waals surface area contributed by atoms with Crippen molar-refractivity contribution in [1.29, 1.82) is 0 Å². The molecule has 110 valence electrons. The second-order valence-electron chi connectivity index (χ2n) is 5.78. The van der Waals surface area contributed by atoms with Crippen molar-refractivity contribution in [2.24, 2.45) is 5.73 Å². The summed E-state index contributed by atoms with van der Waals surface area (Å²) in [7, 11) is 0. The molecule has 2 nitrogen and oxygen atoms in total. The highest BCUT2D eigenvalue weighted by Gasteiger charge is 2.24. The second-order valence-corrected chi connectivity index (χ2v) is 8.02. The van der Waals surface area contributed by atoms with Crippen molar-refractivity contribution in [2.45, 2.75) is 31.6 Å². The lowest BCUT2D eigenvalue weighted by Gasteiger charge is -2.23. The molecule has 0 atom stereocenters. The number of hydrogen-bond acceptors (Lipinski definition) is 3. The average Bonchev–Trinajstić information content (AvgIpc) is 2.53. The lowest BCUT2D eigenvalue weighted by molar-refractivity contribution is 0.272. The normalized spacial score (nSPS) is 19.6.